The van der Waals surface area contributed by atoms with Gasteiger partial charge in [0.2, 0.25) is 0 Å². The second kappa shape index (κ2) is 6.91. The van der Waals surface area contributed by atoms with Crippen LogP contribution in [0.15, 0.2) is 35.5 Å². The number of benzene rings is 1. The topological polar surface area (TPSA) is 36.4 Å². The van der Waals surface area contributed by atoms with Crippen LogP contribution in [0.5, 0.6) is 0 Å². The maximum absolute atomic E-state index is 5.06. The summed E-state index contributed by atoms with van der Waals surface area (Å²) < 4.78 is 0. The van der Waals surface area contributed by atoms with Gasteiger partial charge in [0, 0.05) is 6.54 Å². The number of hydrogen-bond donors (Lipinski definition) is 2. The van der Waals surface area contributed by atoms with E-state index in [-0.39, 0.29) is 0 Å². The minimum Gasteiger partial charge on any atom is -0.358 e. The van der Waals surface area contributed by atoms with Crippen molar-refractivity contribution in [2.24, 2.45) is 5.10 Å². The molecule has 0 radical (unpaired) electrons. The summed E-state index contributed by atoms with van der Waals surface area (Å²) in [6.45, 7) is 10.5. The molecule has 1 aromatic rings. The third-order valence-corrected chi connectivity index (χ3v) is 2.58. The third kappa shape index (κ3) is 5.10. The van der Waals surface area contributed by atoms with Gasteiger partial charge in [-0.3, -0.25) is 5.43 Å². The summed E-state index contributed by atoms with van der Waals surface area (Å²) in [4.78, 5) is 0. The van der Waals surface area contributed by atoms with Gasteiger partial charge >= 0.3 is 0 Å². The molecule has 0 aliphatic heterocycles. The van der Waals surface area contributed by atoms with E-state index >= 15 is 0 Å². The van der Waals surface area contributed by atoms with E-state index in [0.29, 0.717) is 11.7 Å². The Kier molecular flexibility index (Phi) is 5.52. The quantitative estimate of drug-likeness (QED) is 0.379. The fraction of sp³-hybridized carbons (Fsp3) is 0.286. The lowest BCUT2D eigenvalue weighted by Gasteiger charge is -2.06. The number of thiocarbonyl (C=S) groups is 1. The molecular weight excluding hydrogens is 242 g/mol. The number of nitrogens with zero attached hydrogens (tertiary/aromatic N) is 1. The van der Waals surface area contributed by atoms with Crippen molar-refractivity contribution in [1.82, 2.24) is 10.7 Å². The van der Waals surface area contributed by atoms with Crippen molar-refractivity contribution in [3.63, 3.8) is 0 Å². The number of hydrazone groups is 1. The lowest BCUT2D eigenvalue weighted by atomic mass is 10.1. The van der Waals surface area contributed by atoms with Crippen molar-refractivity contribution in [3.05, 3.63) is 47.0 Å². The van der Waals surface area contributed by atoms with Gasteiger partial charge in [-0.05, 0) is 44.1 Å². The molecule has 0 amide bonds. The molecule has 2 N–H and O–H groups in total. The van der Waals surface area contributed by atoms with Crippen LogP contribution >= 0.6 is 12.2 Å². The van der Waals surface area contributed by atoms with Crippen molar-refractivity contribution in [1.29, 1.82) is 0 Å². The first-order valence-corrected chi connectivity index (χ1v) is 6.18. The van der Waals surface area contributed by atoms with E-state index in [0.717, 1.165) is 11.1 Å². The van der Waals surface area contributed by atoms with Crippen molar-refractivity contribution in [2.75, 3.05) is 6.54 Å². The van der Waals surface area contributed by atoms with Crippen LogP contribution < -0.4 is 10.7 Å². The van der Waals surface area contributed by atoms with Crippen LogP contribution in [0.25, 0.3) is 0 Å². The van der Waals surface area contributed by atoms with Gasteiger partial charge in [-0.15, -0.1) is 0 Å². The average Bonchev–Trinajstić information content (AvgIpc) is 2.29. The zero-order valence-electron chi connectivity index (χ0n) is 11.1. The molecule has 0 spiro atoms. The molecular formula is C14H19N3S. The standard InChI is InChI=1S/C14H19N3S/c1-10(2)8-15-14(18)17-16-9-13-6-5-11(3)7-12(13)4/h5-7,9H,1,8H2,2-4H3,(H2,15,17,18)/b16-9-. The van der Waals surface area contributed by atoms with Gasteiger partial charge in [0.05, 0.1) is 6.21 Å². The molecule has 0 aliphatic carbocycles. The number of hydrogen-bond acceptors (Lipinski definition) is 2. The number of nitrogens with one attached hydrogen (secondary N) is 2. The van der Waals surface area contributed by atoms with Crippen LogP contribution in [0.1, 0.15) is 23.6 Å². The van der Waals surface area contributed by atoms with Crippen molar-refractivity contribution >= 4 is 23.5 Å². The zero-order chi connectivity index (χ0) is 13.5. The van der Waals surface area contributed by atoms with E-state index in [2.05, 4.69) is 48.4 Å². The maximum Gasteiger partial charge on any atom is 0.187 e. The van der Waals surface area contributed by atoms with E-state index in [1.165, 1.54) is 11.1 Å². The second-order valence-electron chi connectivity index (χ2n) is 4.37. The first-order chi connectivity index (χ1) is 8.49. The first-order valence-electron chi connectivity index (χ1n) is 5.77. The SMILES string of the molecule is C=C(C)CNC(=S)N/N=C\c1ccc(C)cc1C. The van der Waals surface area contributed by atoms with Crippen LogP contribution in [-0.4, -0.2) is 17.9 Å². The van der Waals surface area contributed by atoms with Crippen LogP contribution in [0, 0.1) is 13.8 Å². The summed E-state index contributed by atoms with van der Waals surface area (Å²) in [6.07, 6.45) is 1.77. The van der Waals surface area contributed by atoms with Crippen molar-refractivity contribution < 1.29 is 0 Å². The molecule has 1 rings (SSSR count). The molecule has 3 nitrogen and oxygen atoms in total. The lowest BCUT2D eigenvalue weighted by molar-refractivity contribution is 0.917. The molecule has 0 atom stereocenters. The number of rotatable bonds is 4. The molecule has 1 aromatic carbocycles. The monoisotopic (exact) mass is 261 g/mol. The highest BCUT2D eigenvalue weighted by Gasteiger charge is 1.95. The smallest absolute Gasteiger partial charge is 0.187 e. The summed E-state index contributed by atoms with van der Waals surface area (Å²) >= 11 is 5.06. The highest BCUT2D eigenvalue weighted by molar-refractivity contribution is 7.80. The Morgan fingerprint density at radius 3 is 2.78 bits per heavy atom. The van der Waals surface area contributed by atoms with E-state index in [9.17, 15) is 0 Å². The molecule has 0 bridgehead atoms. The average molecular weight is 261 g/mol. The molecule has 0 heterocycles. The highest BCUT2D eigenvalue weighted by Crippen LogP contribution is 2.07. The Morgan fingerprint density at radius 2 is 2.17 bits per heavy atom. The molecule has 0 aromatic heterocycles. The van der Waals surface area contributed by atoms with Gasteiger partial charge in [-0.2, -0.15) is 5.10 Å². The Labute approximate surface area is 114 Å². The third-order valence-electron chi connectivity index (χ3n) is 2.35. The summed E-state index contributed by atoms with van der Waals surface area (Å²) in [7, 11) is 0. The number of aryl methyl sites for hydroxylation is 2. The fourth-order valence-corrected chi connectivity index (χ4v) is 1.53. The minimum atomic E-state index is 0.499. The Balaban J connectivity index is 2.49. The van der Waals surface area contributed by atoms with E-state index in [1.807, 2.05) is 13.0 Å². The van der Waals surface area contributed by atoms with Gasteiger partial charge in [-0.1, -0.05) is 35.9 Å². The van der Waals surface area contributed by atoms with Crippen molar-refractivity contribution in [3.8, 4) is 0 Å². The molecule has 0 unspecified atom stereocenters. The van der Waals surface area contributed by atoms with E-state index < -0.39 is 0 Å². The molecule has 0 aliphatic rings. The summed E-state index contributed by atoms with van der Waals surface area (Å²) in [6, 6.07) is 6.23. The van der Waals surface area contributed by atoms with E-state index in [1.54, 1.807) is 6.21 Å². The maximum atomic E-state index is 5.06. The fourth-order valence-electron chi connectivity index (χ4n) is 1.40. The van der Waals surface area contributed by atoms with Crippen LogP contribution in [-0.2, 0) is 0 Å². The largest absolute Gasteiger partial charge is 0.358 e. The summed E-state index contributed by atoms with van der Waals surface area (Å²) in [5.74, 6) is 0. The minimum absolute atomic E-state index is 0.499. The normalized spacial score (nSPS) is 10.4. The van der Waals surface area contributed by atoms with Gasteiger partial charge in [0.25, 0.3) is 0 Å². The van der Waals surface area contributed by atoms with Gasteiger partial charge in [0.15, 0.2) is 5.11 Å². The lowest BCUT2D eigenvalue weighted by Crippen LogP contribution is -2.32. The zero-order valence-corrected chi connectivity index (χ0v) is 11.9. The van der Waals surface area contributed by atoms with Gasteiger partial charge in [0.1, 0.15) is 0 Å². The Hall–Kier alpha value is -1.68. The van der Waals surface area contributed by atoms with Crippen LogP contribution in [0.4, 0.5) is 0 Å². The predicted molar refractivity (Wildman–Crippen MR) is 82.1 cm³/mol. The molecule has 0 fully saturated rings. The molecule has 18 heavy (non-hydrogen) atoms. The molecule has 96 valence electrons. The summed E-state index contributed by atoms with van der Waals surface area (Å²) in [5.41, 5.74) is 7.32. The van der Waals surface area contributed by atoms with Crippen molar-refractivity contribution in [2.45, 2.75) is 20.8 Å². The van der Waals surface area contributed by atoms with Crippen LogP contribution in [0.2, 0.25) is 0 Å². The predicted octanol–water partition coefficient (Wildman–Crippen LogP) is 2.68. The molecule has 0 saturated heterocycles. The highest BCUT2D eigenvalue weighted by atomic mass is 32.1. The Bertz CT molecular complexity index is 478. The van der Waals surface area contributed by atoms with Crippen LogP contribution in [0.3, 0.4) is 0 Å². The van der Waals surface area contributed by atoms with Gasteiger partial charge < -0.3 is 5.32 Å². The Morgan fingerprint density at radius 1 is 1.44 bits per heavy atom. The first kappa shape index (κ1) is 14.4. The van der Waals surface area contributed by atoms with E-state index in [4.69, 9.17) is 12.2 Å². The molecule has 4 heteroatoms. The molecule has 0 saturated carbocycles. The second-order valence-corrected chi connectivity index (χ2v) is 4.78. The summed E-state index contributed by atoms with van der Waals surface area (Å²) in [5, 5.41) is 7.60. The van der Waals surface area contributed by atoms with Gasteiger partial charge in [-0.25, -0.2) is 0 Å².